The lowest BCUT2D eigenvalue weighted by Gasteiger charge is -2.37. The quantitative estimate of drug-likeness (QED) is 0.605. The molecule has 1 amide bonds. The smallest absolute Gasteiger partial charge is 0.232 e. The second kappa shape index (κ2) is 9.28. The van der Waals surface area contributed by atoms with Gasteiger partial charge in [0.15, 0.2) is 11.5 Å². The van der Waals surface area contributed by atoms with Crippen LogP contribution in [0.1, 0.15) is 23.1 Å². The molecule has 5 heteroatoms. The van der Waals surface area contributed by atoms with Gasteiger partial charge in [-0.1, -0.05) is 66.7 Å². The van der Waals surface area contributed by atoms with E-state index in [1.165, 1.54) is 5.56 Å². The molecule has 3 aromatic carbocycles. The van der Waals surface area contributed by atoms with Gasteiger partial charge in [0.25, 0.3) is 0 Å². The van der Waals surface area contributed by atoms with E-state index in [0.717, 1.165) is 55.1 Å². The molecule has 0 aromatic heterocycles. The molecule has 0 spiro atoms. The minimum Gasteiger partial charge on any atom is -0.486 e. The van der Waals surface area contributed by atoms with Gasteiger partial charge in [0.05, 0.1) is 0 Å². The zero-order valence-corrected chi connectivity index (χ0v) is 18.8. The Morgan fingerprint density at radius 1 is 0.909 bits per heavy atom. The highest BCUT2D eigenvalue weighted by atomic mass is 16.6. The SMILES string of the molecule is NC(=O)C(c1ccccc1)(c1ccccc1)C1CCN(CCc2ccc3c(c2)OCCO3)C1. The summed E-state index contributed by atoms with van der Waals surface area (Å²) in [6.45, 7) is 3.90. The van der Waals surface area contributed by atoms with Crippen LogP contribution in [0.2, 0.25) is 0 Å². The summed E-state index contributed by atoms with van der Waals surface area (Å²) in [6, 6.07) is 26.3. The number of hydrogen-bond acceptors (Lipinski definition) is 4. The maximum Gasteiger partial charge on any atom is 0.232 e. The molecule has 2 aliphatic heterocycles. The molecular formula is C28H30N2O3. The largest absolute Gasteiger partial charge is 0.486 e. The molecule has 3 aromatic rings. The predicted molar refractivity (Wildman–Crippen MR) is 129 cm³/mol. The van der Waals surface area contributed by atoms with Gasteiger partial charge in [-0.3, -0.25) is 4.79 Å². The fourth-order valence-electron chi connectivity index (χ4n) is 5.45. The van der Waals surface area contributed by atoms with Crippen LogP contribution in [0.25, 0.3) is 0 Å². The first-order valence-corrected chi connectivity index (χ1v) is 11.7. The molecule has 1 fully saturated rings. The second-order valence-corrected chi connectivity index (χ2v) is 8.92. The van der Waals surface area contributed by atoms with Gasteiger partial charge in [0.1, 0.15) is 18.6 Å². The minimum absolute atomic E-state index is 0.111. The number of benzene rings is 3. The molecule has 33 heavy (non-hydrogen) atoms. The zero-order chi connectivity index (χ0) is 22.7. The Balaban J connectivity index is 1.37. The van der Waals surface area contributed by atoms with E-state index in [1.807, 2.05) is 66.7 Å². The van der Waals surface area contributed by atoms with Crippen molar-refractivity contribution >= 4 is 5.91 Å². The number of fused-ring (bicyclic) bond motifs is 1. The van der Waals surface area contributed by atoms with Gasteiger partial charge >= 0.3 is 0 Å². The Labute approximate surface area is 195 Å². The van der Waals surface area contributed by atoms with Gasteiger partial charge in [-0.25, -0.2) is 0 Å². The third-order valence-corrected chi connectivity index (χ3v) is 7.05. The van der Waals surface area contributed by atoms with Crippen molar-refractivity contribution in [3.05, 3.63) is 95.6 Å². The number of carbonyl (C=O) groups is 1. The second-order valence-electron chi connectivity index (χ2n) is 8.92. The highest BCUT2D eigenvalue weighted by Gasteiger charge is 2.49. The van der Waals surface area contributed by atoms with Crippen molar-refractivity contribution in [3.8, 4) is 11.5 Å². The first kappa shape index (κ1) is 21.5. The van der Waals surface area contributed by atoms with Gasteiger partial charge in [-0.05, 0) is 54.1 Å². The highest BCUT2D eigenvalue weighted by molar-refractivity contribution is 5.91. The molecule has 0 bridgehead atoms. The summed E-state index contributed by atoms with van der Waals surface area (Å²) >= 11 is 0. The summed E-state index contributed by atoms with van der Waals surface area (Å²) < 4.78 is 11.4. The van der Waals surface area contributed by atoms with Crippen LogP contribution < -0.4 is 15.2 Å². The molecule has 170 valence electrons. The van der Waals surface area contributed by atoms with Crippen LogP contribution in [-0.2, 0) is 16.6 Å². The topological polar surface area (TPSA) is 64.8 Å². The van der Waals surface area contributed by atoms with E-state index in [1.54, 1.807) is 0 Å². The average molecular weight is 443 g/mol. The molecule has 2 N–H and O–H groups in total. The van der Waals surface area contributed by atoms with E-state index in [9.17, 15) is 4.79 Å². The van der Waals surface area contributed by atoms with Crippen molar-refractivity contribution in [2.45, 2.75) is 18.3 Å². The molecule has 2 heterocycles. The van der Waals surface area contributed by atoms with Crippen LogP contribution in [0.5, 0.6) is 11.5 Å². The summed E-state index contributed by atoms with van der Waals surface area (Å²) in [4.78, 5) is 15.7. The van der Waals surface area contributed by atoms with E-state index >= 15 is 0 Å². The van der Waals surface area contributed by atoms with E-state index < -0.39 is 5.41 Å². The monoisotopic (exact) mass is 442 g/mol. The summed E-state index contributed by atoms with van der Waals surface area (Å²) in [5, 5.41) is 0. The van der Waals surface area contributed by atoms with Crippen LogP contribution in [-0.4, -0.2) is 43.7 Å². The molecule has 0 saturated carbocycles. The number of carbonyl (C=O) groups excluding carboxylic acids is 1. The maximum atomic E-state index is 13.2. The summed E-state index contributed by atoms with van der Waals surface area (Å²) in [5.74, 6) is 1.49. The van der Waals surface area contributed by atoms with Crippen LogP contribution in [0.4, 0.5) is 0 Å². The Morgan fingerprint density at radius 2 is 1.55 bits per heavy atom. The predicted octanol–water partition coefficient (Wildman–Crippen LogP) is 3.79. The third-order valence-electron chi connectivity index (χ3n) is 7.05. The number of nitrogens with two attached hydrogens (primary N) is 1. The van der Waals surface area contributed by atoms with E-state index in [2.05, 4.69) is 17.0 Å². The molecular weight excluding hydrogens is 412 g/mol. The van der Waals surface area contributed by atoms with E-state index in [4.69, 9.17) is 15.2 Å². The van der Waals surface area contributed by atoms with E-state index in [-0.39, 0.29) is 11.8 Å². The summed E-state index contributed by atoms with van der Waals surface area (Å²) in [6.07, 6.45) is 1.84. The van der Waals surface area contributed by atoms with Crippen LogP contribution in [0.15, 0.2) is 78.9 Å². The Kier molecular flexibility index (Phi) is 6.05. The lowest BCUT2D eigenvalue weighted by molar-refractivity contribution is -0.123. The number of likely N-dealkylation sites (tertiary alicyclic amines) is 1. The third kappa shape index (κ3) is 4.09. The number of nitrogens with zero attached hydrogens (tertiary/aromatic N) is 1. The molecule has 1 unspecified atom stereocenters. The Bertz CT molecular complexity index is 1060. The van der Waals surface area contributed by atoms with Crippen molar-refractivity contribution < 1.29 is 14.3 Å². The van der Waals surface area contributed by atoms with E-state index in [0.29, 0.717) is 13.2 Å². The van der Waals surface area contributed by atoms with Crippen molar-refractivity contribution in [2.24, 2.45) is 11.7 Å². The molecule has 0 aliphatic carbocycles. The molecule has 5 rings (SSSR count). The van der Waals surface area contributed by atoms with Crippen molar-refractivity contribution in [3.63, 3.8) is 0 Å². The number of primary amides is 1. The lowest BCUT2D eigenvalue weighted by atomic mass is 9.64. The minimum atomic E-state index is -0.839. The average Bonchev–Trinajstić information content (AvgIpc) is 3.33. The summed E-state index contributed by atoms with van der Waals surface area (Å²) in [7, 11) is 0. The molecule has 0 radical (unpaired) electrons. The van der Waals surface area contributed by atoms with Crippen LogP contribution in [0.3, 0.4) is 0 Å². The van der Waals surface area contributed by atoms with Crippen LogP contribution >= 0.6 is 0 Å². The first-order valence-electron chi connectivity index (χ1n) is 11.7. The first-order chi connectivity index (χ1) is 16.2. The van der Waals surface area contributed by atoms with Gasteiger partial charge in [-0.2, -0.15) is 0 Å². The van der Waals surface area contributed by atoms with Gasteiger partial charge in [0.2, 0.25) is 5.91 Å². The number of ether oxygens (including phenoxy) is 2. The fraction of sp³-hybridized carbons (Fsp3) is 0.321. The normalized spacial score (nSPS) is 18.2. The Hall–Kier alpha value is -3.31. The summed E-state index contributed by atoms with van der Waals surface area (Å²) in [5.41, 5.74) is 8.55. The van der Waals surface area contributed by atoms with Gasteiger partial charge < -0.3 is 20.1 Å². The van der Waals surface area contributed by atoms with Crippen molar-refractivity contribution in [2.75, 3.05) is 32.8 Å². The lowest BCUT2D eigenvalue weighted by Crippen LogP contribution is -2.49. The van der Waals surface area contributed by atoms with Gasteiger partial charge in [0, 0.05) is 13.1 Å². The number of amides is 1. The molecule has 2 aliphatic rings. The zero-order valence-electron chi connectivity index (χ0n) is 18.8. The highest BCUT2D eigenvalue weighted by Crippen LogP contribution is 2.43. The maximum absolute atomic E-state index is 13.2. The fourth-order valence-corrected chi connectivity index (χ4v) is 5.45. The number of rotatable bonds is 7. The van der Waals surface area contributed by atoms with Gasteiger partial charge in [-0.15, -0.1) is 0 Å². The van der Waals surface area contributed by atoms with Crippen molar-refractivity contribution in [1.82, 2.24) is 4.90 Å². The van der Waals surface area contributed by atoms with Crippen molar-refractivity contribution in [1.29, 1.82) is 0 Å². The molecule has 5 nitrogen and oxygen atoms in total. The number of hydrogen-bond donors (Lipinski definition) is 1. The van der Waals surface area contributed by atoms with Crippen LogP contribution in [0, 0.1) is 5.92 Å². The molecule has 1 atom stereocenters. The molecule has 1 saturated heterocycles. The Morgan fingerprint density at radius 3 is 2.18 bits per heavy atom. The standard InChI is InChI=1S/C28H30N2O3/c29-27(31)28(22-7-3-1-4-8-22,23-9-5-2-6-10-23)24-14-16-30(20-24)15-13-21-11-12-25-26(19-21)33-18-17-32-25/h1-12,19,24H,13-18,20H2,(H2,29,31).